The topological polar surface area (TPSA) is 128 Å². The minimum Gasteiger partial charge on any atom is -0.507 e. The lowest BCUT2D eigenvalue weighted by molar-refractivity contribution is -0.140. The minimum atomic E-state index is -3.38. The standard InChI is InChI=1S/C30H33NO8S/c1-37-29(33)16-10-21-17-22(30(34)26-14-13-25(18-27(26)32)39-24-5-3-4-6-24)9-15-28(21)38-19-20-7-11-23(12-8-20)31-40(2,35)36/h7-9,11-15,17-18,24,31-32H,3-6,10,16,19H2,1-2H3. The summed E-state index contributed by atoms with van der Waals surface area (Å²) >= 11 is 0. The van der Waals surface area contributed by atoms with E-state index in [1.54, 1.807) is 54.6 Å². The molecule has 1 aliphatic rings. The molecule has 0 heterocycles. The Balaban J connectivity index is 1.50. The Labute approximate surface area is 234 Å². The van der Waals surface area contributed by atoms with Crippen LogP contribution in [0.2, 0.25) is 0 Å². The van der Waals surface area contributed by atoms with Crippen molar-refractivity contribution in [3.63, 3.8) is 0 Å². The van der Waals surface area contributed by atoms with Crippen molar-refractivity contribution in [2.45, 2.75) is 51.2 Å². The van der Waals surface area contributed by atoms with E-state index in [4.69, 9.17) is 14.2 Å². The minimum absolute atomic E-state index is 0.0921. The molecule has 0 spiro atoms. The Bertz CT molecular complexity index is 1460. The van der Waals surface area contributed by atoms with Crippen molar-refractivity contribution in [2.24, 2.45) is 0 Å². The third-order valence-corrected chi connectivity index (χ3v) is 7.23. The second-order valence-corrected chi connectivity index (χ2v) is 11.5. The zero-order valence-electron chi connectivity index (χ0n) is 22.5. The van der Waals surface area contributed by atoms with E-state index in [2.05, 4.69) is 4.72 Å². The Hall–Kier alpha value is -4.05. The molecule has 40 heavy (non-hydrogen) atoms. The van der Waals surface area contributed by atoms with Crippen LogP contribution in [0.3, 0.4) is 0 Å². The Morgan fingerprint density at radius 2 is 1.73 bits per heavy atom. The van der Waals surface area contributed by atoms with E-state index < -0.39 is 16.0 Å². The van der Waals surface area contributed by atoms with Gasteiger partial charge in [-0.15, -0.1) is 0 Å². The zero-order valence-corrected chi connectivity index (χ0v) is 23.3. The number of phenols is 1. The van der Waals surface area contributed by atoms with Gasteiger partial charge >= 0.3 is 5.97 Å². The van der Waals surface area contributed by atoms with Crippen LogP contribution in [0.15, 0.2) is 60.7 Å². The van der Waals surface area contributed by atoms with Gasteiger partial charge in [-0.05, 0) is 85.7 Å². The van der Waals surface area contributed by atoms with Gasteiger partial charge in [-0.1, -0.05) is 12.1 Å². The number of rotatable bonds is 12. The molecule has 3 aromatic rings. The molecule has 0 radical (unpaired) electrons. The van der Waals surface area contributed by atoms with Crippen molar-refractivity contribution in [1.29, 1.82) is 0 Å². The van der Waals surface area contributed by atoms with Gasteiger partial charge in [0, 0.05) is 23.7 Å². The number of hydrogen-bond acceptors (Lipinski definition) is 8. The van der Waals surface area contributed by atoms with E-state index in [1.807, 2.05) is 0 Å². The number of ketones is 1. The number of ether oxygens (including phenoxy) is 3. The summed E-state index contributed by atoms with van der Waals surface area (Å²) in [6.45, 7) is 0.181. The van der Waals surface area contributed by atoms with Crippen LogP contribution in [0.4, 0.5) is 5.69 Å². The summed E-state index contributed by atoms with van der Waals surface area (Å²) in [5.41, 5.74) is 2.35. The fourth-order valence-electron chi connectivity index (χ4n) is 4.57. The van der Waals surface area contributed by atoms with Gasteiger partial charge in [0.1, 0.15) is 23.9 Å². The predicted octanol–water partition coefficient (Wildman–Crippen LogP) is 5.00. The average Bonchev–Trinajstić information content (AvgIpc) is 3.43. The molecule has 4 rings (SSSR count). The number of hydrogen-bond donors (Lipinski definition) is 2. The molecular weight excluding hydrogens is 534 g/mol. The average molecular weight is 568 g/mol. The summed E-state index contributed by atoms with van der Waals surface area (Å²) in [6, 6.07) is 16.4. The first-order valence-electron chi connectivity index (χ1n) is 13.0. The monoisotopic (exact) mass is 567 g/mol. The smallest absolute Gasteiger partial charge is 0.305 e. The van der Waals surface area contributed by atoms with Gasteiger partial charge in [0.05, 0.1) is 25.0 Å². The first-order valence-corrected chi connectivity index (χ1v) is 14.9. The van der Waals surface area contributed by atoms with Crippen LogP contribution in [0, 0.1) is 0 Å². The fraction of sp³-hybridized carbons (Fsp3) is 0.333. The van der Waals surface area contributed by atoms with Crippen LogP contribution in [0.1, 0.15) is 59.2 Å². The number of aromatic hydroxyl groups is 1. The Kier molecular flexibility index (Phi) is 9.31. The number of aryl methyl sites for hydroxylation is 1. The van der Waals surface area contributed by atoms with Crippen LogP contribution in [-0.4, -0.2) is 44.7 Å². The first kappa shape index (κ1) is 28.9. The second kappa shape index (κ2) is 12.9. The second-order valence-electron chi connectivity index (χ2n) is 9.79. The van der Waals surface area contributed by atoms with Crippen molar-refractivity contribution in [3.8, 4) is 17.2 Å². The molecule has 0 atom stereocenters. The van der Waals surface area contributed by atoms with E-state index in [-0.39, 0.29) is 42.6 Å². The zero-order chi connectivity index (χ0) is 28.7. The van der Waals surface area contributed by atoms with E-state index in [0.717, 1.165) is 37.5 Å². The molecule has 0 aliphatic heterocycles. The van der Waals surface area contributed by atoms with Crippen molar-refractivity contribution in [1.82, 2.24) is 0 Å². The third-order valence-electron chi connectivity index (χ3n) is 6.62. The van der Waals surface area contributed by atoms with Gasteiger partial charge in [0.25, 0.3) is 0 Å². The maximum Gasteiger partial charge on any atom is 0.305 e. The fourth-order valence-corrected chi connectivity index (χ4v) is 5.13. The number of sulfonamides is 1. The maximum atomic E-state index is 13.3. The Morgan fingerprint density at radius 3 is 2.38 bits per heavy atom. The number of phenolic OH excluding ortho intramolecular Hbond substituents is 1. The van der Waals surface area contributed by atoms with Crippen LogP contribution >= 0.6 is 0 Å². The number of methoxy groups -OCH3 is 1. The van der Waals surface area contributed by atoms with E-state index in [9.17, 15) is 23.1 Å². The molecule has 1 fully saturated rings. The summed E-state index contributed by atoms with van der Waals surface area (Å²) in [5.74, 6) is 0.0922. The normalized spacial score (nSPS) is 13.6. The van der Waals surface area contributed by atoms with Crippen molar-refractivity contribution >= 4 is 27.5 Å². The summed E-state index contributed by atoms with van der Waals surface area (Å²) in [6.07, 6.45) is 5.80. The molecule has 1 saturated carbocycles. The quantitative estimate of drug-likeness (QED) is 0.231. The highest BCUT2D eigenvalue weighted by Crippen LogP contribution is 2.31. The molecule has 0 amide bonds. The number of carbonyl (C=O) groups is 2. The number of anilines is 1. The number of nitrogens with one attached hydrogen (secondary N) is 1. The molecule has 0 unspecified atom stereocenters. The first-order chi connectivity index (χ1) is 19.1. The van der Waals surface area contributed by atoms with Crippen LogP contribution in [0.25, 0.3) is 0 Å². The largest absolute Gasteiger partial charge is 0.507 e. The lowest BCUT2D eigenvalue weighted by Crippen LogP contribution is -2.11. The lowest BCUT2D eigenvalue weighted by Gasteiger charge is -2.15. The molecule has 2 N–H and O–H groups in total. The summed E-state index contributed by atoms with van der Waals surface area (Å²) in [7, 11) is -2.07. The van der Waals surface area contributed by atoms with Crippen LogP contribution in [0.5, 0.6) is 17.2 Å². The van der Waals surface area contributed by atoms with Gasteiger partial charge in [-0.25, -0.2) is 8.42 Å². The molecule has 3 aromatic carbocycles. The van der Waals surface area contributed by atoms with E-state index in [1.165, 1.54) is 13.2 Å². The molecule has 212 valence electrons. The summed E-state index contributed by atoms with van der Waals surface area (Å²) < 4.78 is 41.9. The maximum absolute atomic E-state index is 13.3. The highest BCUT2D eigenvalue weighted by Gasteiger charge is 2.20. The molecule has 10 heteroatoms. The Morgan fingerprint density at radius 1 is 1.00 bits per heavy atom. The van der Waals surface area contributed by atoms with Gasteiger partial charge in [0.2, 0.25) is 10.0 Å². The third kappa shape index (κ3) is 7.98. The van der Waals surface area contributed by atoms with Gasteiger partial charge < -0.3 is 19.3 Å². The number of carbonyl (C=O) groups excluding carboxylic acids is 2. The van der Waals surface area contributed by atoms with Crippen LogP contribution < -0.4 is 14.2 Å². The van der Waals surface area contributed by atoms with E-state index >= 15 is 0 Å². The molecule has 0 aromatic heterocycles. The highest BCUT2D eigenvalue weighted by atomic mass is 32.2. The van der Waals surface area contributed by atoms with Crippen molar-refractivity contribution in [3.05, 3.63) is 82.9 Å². The van der Waals surface area contributed by atoms with Crippen molar-refractivity contribution < 1.29 is 37.3 Å². The molecule has 1 aliphatic carbocycles. The molecule has 9 nitrogen and oxygen atoms in total. The molecule has 0 bridgehead atoms. The SMILES string of the molecule is COC(=O)CCc1cc(C(=O)c2ccc(OC3CCCC3)cc2O)ccc1OCc1ccc(NS(C)(=O)=O)cc1. The summed E-state index contributed by atoms with van der Waals surface area (Å²) in [5, 5.41) is 10.6. The summed E-state index contributed by atoms with van der Waals surface area (Å²) in [4.78, 5) is 25.1. The molecular formula is C30H33NO8S. The number of esters is 1. The predicted molar refractivity (Wildman–Crippen MR) is 150 cm³/mol. The number of benzene rings is 3. The lowest BCUT2D eigenvalue weighted by atomic mass is 9.98. The van der Waals surface area contributed by atoms with Gasteiger partial charge in [-0.2, -0.15) is 0 Å². The van der Waals surface area contributed by atoms with E-state index in [0.29, 0.717) is 28.3 Å². The van der Waals surface area contributed by atoms with Gasteiger partial charge in [0.15, 0.2) is 5.78 Å². The van der Waals surface area contributed by atoms with Crippen LogP contribution in [-0.2, 0) is 32.6 Å². The molecule has 0 saturated heterocycles. The van der Waals surface area contributed by atoms with Gasteiger partial charge in [-0.3, -0.25) is 14.3 Å². The highest BCUT2D eigenvalue weighted by molar-refractivity contribution is 7.92. The van der Waals surface area contributed by atoms with Crippen molar-refractivity contribution in [2.75, 3.05) is 18.1 Å².